The fourth-order valence-electron chi connectivity index (χ4n) is 9.09. The van der Waals surface area contributed by atoms with Crippen molar-refractivity contribution in [2.75, 3.05) is 0 Å². The van der Waals surface area contributed by atoms with Crippen LogP contribution in [0.4, 0.5) is 0 Å². The van der Waals surface area contributed by atoms with Gasteiger partial charge in [0.1, 0.15) is 11.6 Å². The van der Waals surface area contributed by atoms with Crippen molar-refractivity contribution in [1.29, 1.82) is 0 Å². The minimum Gasteiger partial charge on any atom is -0.481 e. The molecule has 4 unspecified atom stereocenters. The molecule has 2 N–H and O–H groups in total. The third kappa shape index (κ3) is 3.41. The Morgan fingerprint density at radius 3 is 2.52 bits per heavy atom. The van der Waals surface area contributed by atoms with Crippen molar-refractivity contribution in [3.05, 3.63) is 0 Å². The van der Waals surface area contributed by atoms with Gasteiger partial charge in [-0.25, -0.2) is 0 Å². The van der Waals surface area contributed by atoms with Crippen LogP contribution in [0.5, 0.6) is 0 Å². The number of carboxylic acid groups (broad SMARTS) is 1. The summed E-state index contributed by atoms with van der Waals surface area (Å²) < 4.78 is 0. The first kappa shape index (κ1) is 22.9. The van der Waals surface area contributed by atoms with E-state index in [1.165, 1.54) is 0 Å². The van der Waals surface area contributed by atoms with Crippen LogP contribution in [0.2, 0.25) is 0 Å². The third-order valence-corrected chi connectivity index (χ3v) is 10.5. The van der Waals surface area contributed by atoms with Gasteiger partial charge < -0.3 is 10.2 Å². The van der Waals surface area contributed by atoms with E-state index < -0.39 is 12.1 Å². The molecule has 0 amide bonds. The van der Waals surface area contributed by atoms with E-state index in [1.54, 1.807) is 0 Å². The van der Waals surface area contributed by atoms with Gasteiger partial charge in [0.25, 0.3) is 0 Å². The highest BCUT2D eigenvalue weighted by Gasteiger charge is 2.67. The molecule has 4 saturated carbocycles. The number of ketones is 2. The van der Waals surface area contributed by atoms with Gasteiger partial charge in [0, 0.05) is 37.0 Å². The lowest BCUT2D eigenvalue weighted by atomic mass is 9.41. The predicted molar refractivity (Wildman–Crippen MR) is 117 cm³/mol. The number of hydrogen-bond acceptors (Lipinski definition) is 4. The van der Waals surface area contributed by atoms with Gasteiger partial charge in [0.2, 0.25) is 0 Å². The number of rotatable bonds is 5. The minimum atomic E-state index is -0.755. The number of carbonyl (C=O) groups is 3. The zero-order valence-electron chi connectivity index (χ0n) is 19.6. The molecule has 4 aliphatic rings. The Balaban J connectivity index is 1.68. The number of hydrogen-bond donors (Lipinski definition) is 2. The molecular formula is C26H40O5. The first-order valence-corrected chi connectivity index (χ1v) is 12.5. The molecule has 0 heterocycles. The number of aliphatic hydroxyl groups excluding tert-OH is 1. The maximum atomic E-state index is 13.9. The first-order valence-electron chi connectivity index (χ1n) is 12.5. The summed E-state index contributed by atoms with van der Waals surface area (Å²) in [4.78, 5) is 37.3. The Morgan fingerprint density at radius 2 is 1.87 bits per heavy atom. The van der Waals surface area contributed by atoms with Crippen LogP contribution in [0, 0.1) is 52.3 Å². The molecule has 4 rings (SSSR count). The second kappa shape index (κ2) is 7.97. The van der Waals surface area contributed by atoms with E-state index >= 15 is 0 Å². The van der Waals surface area contributed by atoms with E-state index in [2.05, 4.69) is 27.7 Å². The Kier molecular flexibility index (Phi) is 5.90. The number of fused-ring (bicyclic) bond motifs is 5. The molecule has 0 aromatic carbocycles. The lowest BCUT2D eigenvalue weighted by molar-refractivity contribution is -0.192. The van der Waals surface area contributed by atoms with Crippen molar-refractivity contribution in [3.63, 3.8) is 0 Å². The van der Waals surface area contributed by atoms with E-state index in [-0.39, 0.29) is 58.5 Å². The van der Waals surface area contributed by atoms with Gasteiger partial charge in [0.05, 0.1) is 6.10 Å². The molecule has 0 radical (unpaired) electrons. The van der Waals surface area contributed by atoms with Gasteiger partial charge in [-0.05, 0) is 73.0 Å². The predicted octanol–water partition coefficient (Wildman–Crippen LogP) is 4.50. The second-order valence-corrected chi connectivity index (χ2v) is 11.8. The SMILES string of the molecule is CC[C@H]1C(=O)C2C([C@@H](O)C[C@@]3(C)C2CC[C@@H]3[C@H](C)CCC(=O)O)[C@@]2(C)CCC(=O)CC12. The van der Waals surface area contributed by atoms with Gasteiger partial charge in [-0.15, -0.1) is 0 Å². The number of aliphatic hydroxyl groups is 1. The number of carboxylic acids is 1. The number of Topliss-reactive ketones (excluding diaryl/α,β-unsaturated/α-hetero) is 2. The quantitative estimate of drug-likeness (QED) is 0.667. The van der Waals surface area contributed by atoms with Crippen molar-refractivity contribution in [1.82, 2.24) is 0 Å². The summed E-state index contributed by atoms with van der Waals surface area (Å²) in [5, 5.41) is 20.7. The molecule has 5 nitrogen and oxygen atoms in total. The lowest BCUT2D eigenvalue weighted by Gasteiger charge is -2.63. The van der Waals surface area contributed by atoms with Crippen LogP contribution in [0.15, 0.2) is 0 Å². The van der Waals surface area contributed by atoms with Crippen molar-refractivity contribution in [2.24, 2.45) is 52.3 Å². The summed E-state index contributed by atoms with van der Waals surface area (Å²) in [6.45, 7) is 8.75. The highest BCUT2D eigenvalue weighted by Crippen LogP contribution is 2.68. The molecule has 10 atom stereocenters. The Morgan fingerprint density at radius 1 is 1.16 bits per heavy atom. The summed E-state index contributed by atoms with van der Waals surface area (Å²) >= 11 is 0. The van der Waals surface area contributed by atoms with E-state index in [4.69, 9.17) is 5.11 Å². The largest absolute Gasteiger partial charge is 0.481 e. The van der Waals surface area contributed by atoms with Gasteiger partial charge in [0.15, 0.2) is 0 Å². The zero-order valence-corrected chi connectivity index (χ0v) is 19.6. The highest BCUT2D eigenvalue weighted by molar-refractivity contribution is 5.88. The highest BCUT2D eigenvalue weighted by atomic mass is 16.4. The molecule has 0 aliphatic heterocycles. The monoisotopic (exact) mass is 432 g/mol. The first-order chi connectivity index (χ1) is 14.5. The summed E-state index contributed by atoms with van der Waals surface area (Å²) in [6.07, 6.45) is 5.64. The summed E-state index contributed by atoms with van der Waals surface area (Å²) in [5.74, 6) is 0.520. The molecule has 5 heteroatoms. The summed E-state index contributed by atoms with van der Waals surface area (Å²) in [6, 6.07) is 0. The lowest BCUT2D eigenvalue weighted by Crippen LogP contribution is -2.64. The van der Waals surface area contributed by atoms with Crippen LogP contribution in [0.1, 0.15) is 85.5 Å². The molecule has 4 fully saturated rings. The third-order valence-electron chi connectivity index (χ3n) is 10.5. The standard InChI is InChI=1S/C26H40O5/c1-5-16-19-12-15(27)10-11-25(19,3)23-20(28)13-26(4)17(14(2)6-9-21(29)30)7-8-18(26)22(23)24(16)31/h14,16-20,22-23,28H,5-13H2,1-4H3,(H,29,30)/t14-,16-,17-,18?,19?,20+,22?,23?,25+,26-/m1/s1. The van der Waals surface area contributed by atoms with E-state index in [0.29, 0.717) is 37.4 Å². The molecule has 0 spiro atoms. The van der Waals surface area contributed by atoms with Crippen LogP contribution in [0.3, 0.4) is 0 Å². The Bertz CT molecular complexity index is 761. The fraction of sp³-hybridized carbons (Fsp3) is 0.885. The molecular weight excluding hydrogens is 392 g/mol. The maximum Gasteiger partial charge on any atom is 0.303 e. The normalized spacial score (nSPS) is 48.0. The van der Waals surface area contributed by atoms with E-state index in [9.17, 15) is 19.5 Å². The molecule has 0 aromatic heterocycles. The van der Waals surface area contributed by atoms with Crippen LogP contribution in [-0.2, 0) is 14.4 Å². The molecule has 0 saturated heterocycles. The smallest absolute Gasteiger partial charge is 0.303 e. The summed E-state index contributed by atoms with van der Waals surface area (Å²) in [7, 11) is 0. The molecule has 174 valence electrons. The Labute approximate surface area is 186 Å². The Hall–Kier alpha value is -1.23. The van der Waals surface area contributed by atoms with Crippen molar-refractivity contribution >= 4 is 17.5 Å². The fourth-order valence-corrected chi connectivity index (χ4v) is 9.09. The minimum absolute atomic E-state index is 0.0490. The van der Waals surface area contributed by atoms with Crippen LogP contribution < -0.4 is 0 Å². The topological polar surface area (TPSA) is 91.7 Å². The van der Waals surface area contributed by atoms with Crippen molar-refractivity contribution in [2.45, 2.75) is 91.6 Å². The van der Waals surface area contributed by atoms with E-state index in [0.717, 1.165) is 25.7 Å². The average molecular weight is 433 g/mol. The van der Waals surface area contributed by atoms with Crippen molar-refractivity contribution in [3.8, 4) is 0 Å². The summed E-state index contributed by atoms with van der Waals surface area (Å²) in [5.41, 5.74) is -0.277. The van der Waals surface area contributed by atoms with Gasteiger partial charge >= 0.3 is 5.97 Å². The number of carbonyl (C=O) groups excluding carboxylic acids is 2. The van der Waals surface area contributed by atoms with Gasteiger partial charge in [-0.2, -0.15) is 0 Å². The number of aliphatic carboxylic acids is 1. The van der Waals surface area contributed by atoms with Crippen LogP contribution in [-0.4, -0.2) is 33.9 Å². The van der Waals surface area contributed by atoms with Gasteiger partial charge in [-0.3, -0.25) is 14.4 Å². The van der Waals surface area contributed by atoms with Gasteiger partial charge in [-0.1, -0.05) is 27.7 Å². The van der Waals surface area contributed by atoms with Crippen molar-refractivity contribution < 1.29 is 24.6 Å². The van der Waals surface area contributed by atoms with Crippen LogP contribution >= 0.6 is 0 Å². The second-order valence-electron chi connectivity index (χ2n) is 11.8. The van der Waals surface area contributed by atoms with Crippen LogP contribution in [0.25, 0.3) is 0 Å². The molecule has 4 aliphatic carbocycles. The average Bonchev–Trinajstić information content (AvgIpc) is 3.04. The molecule has 31 heavy (non-hydrogen) atoms. The molecule has 0 aromatic rings. The molecule has 0 bridgehead atoms. The van der Waals surface area contributed by atoms with E-state index in [1.807, 2.05) is 0 Å². The maximum absolute atomic E-state index is 13.9. The zero-order chi connectivity index (χ0) is 22.7.